The first kappa shape index (κ1) is 9.51. The lowest BCUT2D eigenvalue weighted by molar-refractivity contribution is -0.118. The Morgan fingerprint density at radius 2 is 2.13 bits per heavy atom. The summed E-state index contributed by atoms with van der Waals surface area (Å²) in [5, 5.41) is 0. The Morgan fingerprint density at radius 3 is 2.87 bits per heavy atom. The number of carbonyl (C=O) groups excluding carboxylic acids is 1. The van der Waals surface area contributed by atoms with Crippen molar-refractivity contribution in [3.63, 3.8) is 0 Å². The summed E-state index contributed by atoms with van der Waals surface area (Å²) < 4.78 is 1.51. The number of aromatic amines is 1. The Hall–Kier alpha value is -2.04. The smallest absolute Gasteiger partial charge is 0.326 e. The Kier molecular flexibility index (Phi) is 2.29. The second-order valence-corrected chi connectivity index (χ2v) is 3.32. The highest BCUT2D eigenvalue weighted by Gasteiger charge is 2.06. The van der Waals surface area contributed by atoms with Crippen LogP contribution in [0.3, 0.4) is 0 Å². The van der Waals surface area contributed by atoms with Gasteiger partial charge in [-0.2, -0.15) is 0 Å². The standard InChI is InChI=1S/C10H11N3O2/c11-9(14)5-6-13-8-4-2-1-3-7(8)12-10(13)15/h1-4H,5-6H2,(H2,11,14)(H,12,15). The topological polar surface area (TPSA) is 80.9 Å². The third-order valence-electron chi connectivity index (χ3n) is 2.26. The number of aromatic nitrogens is 2. The minimum absolute atomic E-state index is 0.168. The first-order chi connectivity index (χ1) is 7.18. The number of amides is 1. The molecule has 2 aromatic rings. The summed E-state index contributed by atoms with van der Waals surface area (Å²) in [6.07, 6.45) is 0.168. The Morgan fingerprint density at radius 1 is 1.40 bits per heavy atom. The van der Waals surface area contributed by atoms with Gasteiger partial charge >= 0.3 is 5.69 Å². The van der Waals surface area contributed by atoms with Gasteiger partial charge in [0, 0.05) is 13.0 Å². The molecule has 0 atom stereocenters. The van der Waals surface area contributed by atoms with Gasteiger partial charge < -0.3 is 10.7 Å². The number of primary amides is 1. The number of benzene rings is 1. The number of hydrogen-bond donors (Lipinski definition) is 2. The maximum atomic E-state index is 11.5. The zero-order valence-corrected chi connectivity index (χ0v) is 8.06. The van der Waals surface area contributed by atoms with Gasteiger partial charge in [0.25, 0.3) is 0 Å². The van der Waals surface area contributed by atoms with Crippen LogP contribution in [0.2, 0.25) is 0 Å². The van der Waals surface area contributed by atoms with Crippen LogP contribution in [0.25, 0.3) is 11.0 Å². The zero-order chi connectivity index (χ0) is 10.8. The van der Waals surface area contributed by atoms with Crippen molar-refractivity contribution >= 4 is 16.9 Å². The molecular formula is C10H11N3O2. The summed E-state index contributed by atoms with van der Waals surface area (Å²) in [6.45, 7) is 0.318. The quantitative estimate of drug-likeness (QED) is 0.750. The third-order valence-corrected chi connectivity index (χ3v) is 2.26. The number of H-pyrrole nitrogens is 1. The van der Waals surface area contributed by atoms with Crippen LogP contribution in [0.15, 0.2) is 29.1 Å². The number of nitrogens with two attached hydrogens (primary N) is 1. The molecule has 5 nitrogen and oxygen atoms in total. The molecule has 1 heterocycles. The molecule has 0 saturated heterocycles. The molecule has 0 bridgehead atoms. The number of hydrogen-bond acceptors (Lipinski definition) is 2. The van der Waals surface area contributed by atoms with Crippen LogP contribution >= 0.6 is 0 Å². The second-order valence-electron chi connectivity index (χ2n) is 3.32. The fourth-order valence-electron chi connectivity index (χ4n) is 1.55. The number of para-hydroxylation sites is 2. The molecule has 1 amide bonds. The van der Waals surface area contributed by atoms with Crippen molar-refractivity contribution in [2.45, 2.75) is 13.0 Å². The molecule has 1 aromatic heterocycles. The van der Waals surface area contributed by atoms with E-state index in [0.29, 0.717) is 6.54 Å². The summed E-state index contributed by atoms with van der Waals surface area (Å²) in [4.78, 5) is 24.9. The van der Waals surface area contributed by atoms with Crippen LogP contribution in [-0.4, -0.2) is 15.5 Å². The highest BCUT2D eigenvalue weighted by Crippen LogP contribution is 2.08. The van der Waals surface area contributed by atoms with Gasteiger partial charge in [-0.15, -0.1) is 0 Å². The van der Waals surface area contributed by atoms with Gasteiger partial charge in [-0.25, -0.2) is 4.79 Å². The summed E-state index contributed by atoms with van der Waals surface area (Å²) in [5.41, 5.74) is 6.39. The van der Waals surface area contributed by atoms with Crippen LogP contribution in [0, 0.1) is 0 Å². The number of nitrogens with one attached hydrogen (secondary N) is 1. The largest absolute Gasteiger partial charge is 0.370 e. The van der Waals surface area contributed by atoms with Gasteiger partial charge in [-0.05, 0) is 12.1 Å². The van der Waals surface area contributed by atoms with E-state index >= 15 is 0 Å². The number of nitrogens with zero attached hydrogens (tertiary/aromatic N) is 1. The Bertz CT molecular complexity index is 553. The lowest BCUT2D eigenvalue weighted by Crippen LogP contribution is -2.21. The molecule has 0 radical (unpaired) electrons. The number of carbonyl (C=O) groups is 1. The van der Waals surface area contributed by atoms with E-state index < -0.39 is 5.91 Å². The first-order valence-corrected chi connectivity index (χ1v) is 4.64. The first-order valence-electron chi connectivity index (χ1n) is 4.64. The lowest BCUT2D eigenvalue weighted by atomic mass is 10.3. The van der Waals surface area contributed by atoms with Gasteiger partial charge in [0.05, 0.1) is 11.0 Å². The van der Waals surface area contributed by atoms with Crippen LogP contribution in [0.1, 0.15) is 6.42 Å². The van der Waals surface area contributed by atoms with Gasteiger partial charge in [-0.3, -0.25) is 9.36 Å². The van der Waals surface area contributed by atoms with E-state index in [1.165, 1.54) is 4.57 Å². The molecule has 0 fully saturated rings. The highest BCUT2D eigenvalue weighted by atomic mass is 16.1. The fourth-order valence-corrected chi connectivity index (χ4v) is 1.55. The molecule has 15 heavy (non-hydrogen) atoms. The van der Waals surface area contributed by atoms with E-state index in [2.05, 4.69) is 4.98 Å². The van der Waals surface area contributed by atoms with E-state index in [-0.39, 0.29) is 12.1 Å². The zero-order valence-electron chi connectivity index (χ0n) is 8.06. The van der Waals surface area contributed by atoms with Crippen LogP contribution in [0.5, 0.6) is 0 Å². The summed E-state index contributed by atoms with van der Waals surface area (Å²) in [5.74, 6) is -0.410. The predicted molar refractivity (Wildman–Crippen MR) is 56.4 cm³/mol. The van der Waals surface area contributed by atoms with Crippen molar-refractivity contribution in [3.05, 3.63) is 34.7 Å². The molecule has 0 unspecified atom stereocenters. The lowest BCUT2D eigenvalue weighted by Gasteiger charge is -1.99. The van der Waals surface area contributed by atoms with E-state index in [0.717, 1.165) is 11.0 Å². The van der Waals surface area contributed by atoms with Crippen molar-refractivity contribution in [1.29, 1.82) is 0 Å². The SMILES string of the molecule is NC(=O)CCn1c(=O)[nH]c2ccccc21. The van der Waals surface area contributed by atoms with Crippen molar-refractivity contribution in [1.82, 2.24) is 9.55 Å². The average molecular weight is 205 g/mol. The van der Waals surface area contributed by atoms with E-state index in [1.807, 2.05) is 24.3 Å². The third kappa shape index (κ3) is 1.76. The Balaban J connectivity index is 2.45. The van der Waals surface area contributed by atoms with Gasteiger partial charge in [0.2, 0.25) is 5.91 Å². The summed E-state index contributed by atoms with van der Waals surface area (Å²) >= 11 is 0. The van der Waals surface area contributed by atoms with E-state index in [1.54, 1.807) is 0 Å². The molecule has 3 N–H and O–H groups in total. The average Bonchev–Trinajstić information content (AvgIpc) is 2.50. The van der Waals surface area contributed by atoms with Crippen molar-refractivity contribution in [2.24, 2.45) is 5.73 Å². The molecule has 0 saturated carbocycles. The molecule has 0 aliphatic rings. The molecule has 0 aliphatic heterocycles. The fraction of sp³-hybridized carbons (Fsp3) is 0.200. The molecule has 2 rings (SSSR count). The number of imidazole rings is 1. The minimum atomic E-state index is -0.410. The number of rotatable bonds is 3. The number of aryl methyl sites for hydroxylation is 1. The van der Waals surface area contributed by atoms with E-state index in [4.69, 9.17) is 5.73 Å². The number of fused-ring (bicyclic) bond motifs is 1. The predicted octanol–water partition coefficient (Wildman–Crippen LogP) is 0.205. The molecule has 0 aliphatic carbocycles. The normalized spacial score (nSPS) is 10.7. The van der Waals surface area contributed by atoms with Gasteiger partial charge in [-0.1, -0.05) is 12.1 Å². The van der Waals surface area contributed by atoms with Crippen molar-refractivity contribution < 1.29 is 4.79 Å². The van der Waals surface area contributed by atoms with E-state index in [9.17, 15) is 9.59 Å². The van der Waals surface area contributed by atoms with Gasteiger partial charge in [0.1, 0.15) is 0 Å². The summed E-state index contributed by atoms with van der Waals surface area (Å²) in [7, 11) is 0. The van der Waals surface area contributed by atoms with Crippen molar-refractivity contribution in [2.75, 3.05) is 0 Å². The molecule has 0 spiro atoms. The van der Waals surface area contributed by atoms with Crippen LogP contribution in [-0.2, 0) is 11.3 Å². The molecule has 1 aromatic carbocycles. The maximum absolute atomic E-state index is 11.5. The second kappa shape index (κ2) is 3.61. The summed E-state index contributed by atoms with van der Waals surface area (Å²) in [6, 6.07) is 7.33. The highest BCUT2D eigenvalue weighted by molar-refractivity contribution is 5.76. The maximum Gasteiger partial charge on any atom is 0.326 e. The molecule has 5 heteroatoms. The monoisotopic (exact) mass is 205 g/mol. The molecular weight excluding hydrogens is 194 g/mol. The van der Waals surface area contributed by atoms with Crippen LogP contribution < -0.4 is 11.4 Å². The van der Waals surface area contributed by atoms with Crippen molar-refractivity contribution in [3.8, 4) is 0 Å². The van der Waals surface area contributed by atoms with Gasteiger partial charge in [0.15, 0.2) is 0 Å². The molecule has 78 valence electrons. The minimum Gasteiger partial charge on any atom is -0.370 e. The Labute approximate surface area is 85.5 Å². The van der Waals surface area contributed by atoms with Crippen LogP contribution in [0.4, 0.5) is 0 Å².